The van der Waals surface area contributed by atoms with Crippen LogP contribution in [0.15, 0.2) is 24.3 Å². The molecule has 15 heavy (non-hydrogen) atoms. The minimum atomic E-state index is -0.136. The number of halogens is 2. The Morgan fingerprint density at radius 2 is 2.07 bits per heavy atom. The molecule has 0 aliphatic rings. The van der Waals surface area contributed by atoms with Gasteiger partial charge in [0.2, 0.25) is 0 Å². The monoisotopic (exact) mass is 229 g/mol. The van der Waals surface area contributed by atoms with Crippen LogP contribution in [0.1, 0.15) is 18.9 Å². The van der Waals surface area contributed by atoms with Crippen molar-refractivity contribution < 1.29 is 4.39 Å². The molecule has 0 heterocycles. The molecule has 0 aromatic heterocycles. The number of benzene rings is 1. The Bertz CT molecular complexity index is 301. The van der Waals surface area contributed by atoms with Gasteiger partial charge in [0.05, 0.1) is 0 Å². The van der Waals surface area contributed by atoms with Crippen molar-refractivity contribution in [3.63, 3.8) is 0 Å². The molecule has 0 fully saturated rings. The van der Waals surface area contributed by atoms with E-state index in [1.54, 1.807) is 6.07 Å². The smallest absolute Gasteiger partial charge is 0.127 e. The lowest BCUT2D eigenvalue weighted by Crippen LogP contribution is -2.21. The molecular weight excluding hydrogens is 213 g/mol. The van der Waals surface area contributed by atoms with Gasteiger partial charge in [0.25, 0.3) is 0 Å². The van der Waals surface area contributed by atoms with Crippen LogP contribution in [-0.2, 0) is 6.54 Å². The Kier molecular flexibility index (Phi) is 5.06. The molecule has 0 amide bonds. The van der Waals surface area contributed by atoms with Crippen LogP contribution in [0.3, 0.4) is 0 Å². The third kappa shape index (κ3) is 4.63. The maximum Gasteiger partial charge on any atom is 0.127 e. The van der Waals surface area contributed by atoms with Gasteiger partial charge in [-0.05, 0) is 33.0 Å². The highest BCUT2D eigenvalue weighted by Gasteiger charge is 2.05. The van der Waals surface area contributed by atoms with E-state index in [1.165, 1.54) is 6.07 Å². The van der Waals surface area contributed by atoms with E-state index in [-0.39, 0.29) is 11.2 Å². The van der Waals surface area contributed by atoms with Crippen molar-refractivity contribution in [3.8, 4) is 0 Å². The zero-order valence-electron chi connectivity index (χ0n) is 9.21. The Labute approximate surface area is 95.8 Å². The molecule has 0 aliphatic carbocycles. The standard InChI is InChI=1S/C12H17ClFN/c1-10(13)7-8-15(2)9-11-5-3-4-6-12(11)14/h3-6,10H,7-9H2,1-2H3. The molecule has 84 valence electrons. The zero-order chi connectivity index (χ0) is 11.3. The fraction of sp³-hybridized carbons (Fsp3) is 0.500. The second kappa shape index (κ2) is 6.09. The Morgan fingerprint density at radius 3 is 2.67 bits per heavy atom. The van der Waals surface area contributed by atoms with Crippen molar-refractivity contribution in [2.75, 3.05) is 13.6 Å². The summed E-state index contributed by atoms with van der Waals surface area (Å²) in [5, 5.41) is 0.174. The third-order valence-electron chi connectivity index (χ3n) is 2.31. The molecule has 0 aliphatic heterocycles. The van der Waals surface area contributed by atoms with Crippen molar-refractivity contribution in [1.82, 2.24) is 4.90 Å². The van der Waals surface area contributed by atoms with Gasteiger partial charge in [-0.3, -0.25) is 0 Å². The first-order valence-electron chi connectivity index (χ1n) is 5.15. The highest BCUT2D eigenvalue weighted by atomic mass is 35.5. The molecule has 3 heteroatoms. The van der Waals surface area contributed by atoms with Crippen molar-refractivity contribution in [2.24, 2.45) is 0 Å². The van der Waals surface area contributed by atoms with Gasteiger partial charge >= 0.3 is 0 Å². The number of hydrogen-bond acceptors (Lipinski definition) is 1. The summed E-state index contributed by atoms with van der Waals surface area (Å²) >= 11 is 5.86. The van der Waals surface area contributed by atoms with Crippen LogP contribution in [0.5, 0.6) is 0 Å². The molecule has 0 saturated carbocycles. The number of hydrogen-bond donors (Lipinski definition) is 0. The lowest BCUT2D eigenvalue weighted by molar-refractivity contribution is 0.316. The van der Waals surface area contributed by atoms with E-state index in [0.717, 1.165) is 18.5 Å². The Hall–Kier alpha value is -0.600. The minimum Gasteiger partial charge on any atom is -0.302 e. The summed E-state index contributed by atoms with van der Waals surface area (Å²) in [5.41, 5.74) is 0.738. The van der Waals surface area contributed by atoms with E-state index in [4.69, 9.17) is 11.6 Å². The van der Waals surface area contributed by atoms with Crippen LogP contribution in [0.4, 0.5) is 4.39 Å². The van der Waals surface area contributed by atoms with Crippen molar-refractivity contribution in [1.29, 1.82) is 0 Å². The van der Waals surface area contributed by atoms with Crippen molar-refractivity contribution >= 4 is 11.6 Å². The van der Waals surface area contributed by atoms with E-state index in [9.17, 15) is 4.39 Å². The van der Waals surface area contributed by atoms with Crippen LogP contribution in [-0.4, -0.2) is 23.9 Å². The molecule has 0 N–H and O–H groups in total. The van der Waals surface area contributed by atoms with Crippen LogP contribution < -0.4 is 0 Å². The van der Waals surface area contributed by atoms with E-state index >= 15 is 0 Å². The second-order valence-electron chi connectivity index (χ2n) is 3.90. The van der Waals surface area contributed by atoms with E-state index < -0.39 is 0 Å². The maximum absolute atomic E-state index is 13.3. The van der Waals surface area contributed by atoms with Crippen molar-refractivity contribution in [3.05, 3.63) is 35.6 Å². The molecule has 0 radical (unpaired) electrons. The van der Waals surface area contributed by atoms with Crippen LogP contribution >= 0.6 is 11.6 Å². The molecule has 1 atom stereocenters. The molecule has 0 spiro atoms. The third-order valence-corrected chi connectivity index (χ3v) is 2.52. The van der Waals surface area contributed by atoms with E-state index in [2.05, 4.69) is 4.90 Å². The molecule has 1 aromatic carbocycles. The van der Waals surface area contributed by atoms with Gasteiger partial charge in [0.15, 0.2) is 0 Å². The fourth-order valence-electron chi connectivity index (χ4n) is 1.39. The van der Waals surface area contributed by atoms with E-state index in [1.807, 2.05) is 26.1 Å². The first-order chi connectivity index (χ1) is 7.09. The summed E-state index contributed by atoms with van der Waals surface area (Å²) < 4.78 is 13.3. The van der Waals surface area contributed by atoms with Gasteiger partial charge in [0, 0.05) is 17.5 Å². The second-order valence-corrected chi connectivity index (χ2v) is 4.64. The minimum absolute atomic E-state index is 0.136. The topological polar surface area (TPSA) is 3.24 Å². The first kappa shape index (κ1) is 12.5. The molecule has 1 rings (SSSR count). The van der Waals surface area contributed by atoms with Gasteiger partial charge in [-0.1, -0.05) is 18.2 Å². The number of nitrogens with zero attached hydrogens (tertiary/aromatic N) is 1. The maximum atomic E-state index is 13.3. The van der Waals surface area contributed by atoms with Crippen LogP contribution in [0, 0.1) is 5.82 Å². The molecule has 1 aromatic rings. The highest BCUT2D eigenvalue weighted by Crippen LogP contribution is 2.10. The van der Waals surface area contributed by atoms with Crippen molar-refractivity contribution in [2.45, 2.75) is 25.3 Å². The lowest BCUT2D eigenvalue weighted by Gasteiger charge is -2.17. The van der Waals surface area contributed by atoms with Crippen LogP contribution in [0.2, 0.25) is 0 Å². The average molecular weight is 230 g/mol. The van der Waals surface area contributed by atoms with Gasteiger partial charge in [0.1, 0.15) is 5.82 Å². The molecule has 0 bridgehead atoms. The van der Waals surface area contributed by atoms with Gasteiger partial charge in [-0.25, -0.2) is 4.39 Å². The summed E-state index contributed by atoms with van der Waals surface area (Å²) in [6.07, 6.45) is 0.923. The average Bonchev–Trinajstić information content (AvgIpc) is 2.18. The van der Waals surface area contributed by atoms with Crippen LogP contribution in [0.25, 0.3) is 0 Å². The molecular formula is C12H17ClFN. The number of rotatable bonds is 5. The first-order valence-corrected chi connectivity index (χ1v) is 5.59. The number of alkyl halides is 1. The van der Waals surface area contributed by atoms with E-state index in [0.29, 0.717) is 6.54 Å². The largest absolute Gasteiger partial charge is 0.302 e. The summed E-state index contributed by atoms with van der Waals surface area (Å²) in [4.78, 5) is 2.08. The summed E-state index contributed by atoms with van der Waals surface area (Å²) in [7, 11) is 1.98. The summed E-state index contributed by atoms with van der Waals surface area (Å²) in [6.45, 7) is 3.49. The van der Waals surface area contributed by atoms with Gasteiger partial charge in [-0.15, -0.1) is 11.6 Å². The predicted molar refractivity (Wildman–Crippen MR) is 62.7 cm³/mol. The highest BCUT2D eigenvalue weighted by molar-refractivity contribution is 6.20. The Morgan fingerprint density at radius 1 is 1.40 bits per heavy atom. The SMILES string of the molecule is CC(Cl)CCN(C)Cc1ccccc1F. The van der Waals surface area contributed by atoms with Gasteiger partial charge in [-0.2, -0.15) is 0 Å². The summed E-state index contributed by atoms with van der Waals surface area (Å²) in [5.74, 6) is -0.136. The molecule has 0 saturated heterocycles. The zero-order valence-corrected chi connectivity index (χ0v) is 9.97. The van der Waals surface area contributed by atoms with Gasteiger partial charge < -0.3 is 4.90 Å². The molecule has 1 unspecified atom stereocenters. The normalized spacial score (nSPS) is 13.1. The fourth-order valence-corrected chi connectivity index (χ4v) is 1.49. The Balaban J connectivity index is 2.44. The summed E-state index contributed by atoms with van der Waals surface area (Å²) in [6, 6.07) is 6.87. The molecule has 1 nitrogen and oxygen atoms in total. The predicted octanol–water partition coefficient (Wildman–Crippen LogP) is 3.27. The quantitative estimate of drug-likeness (QED) is 0.701. The lowest BCUT2D eigenvalue weighted by atomic mass is 10.2.